The SMILES string of the molecule is c1ccc(C2=NC(c3c(-c4ccc(-c5nc6ccccc6n5-c5ccccc5)cc4)c4ccccc4c4ccccc34)NC(c3ccccc3)=N2)cc1. The fourth-order valence-electron chi connectivity index (χ4n) is 7.67. The average molecular weight is 680 g/mol. The van der Waals surface area contributed by atoms with Crippen LogP contribution < -0.4 is 5.32 Å². The van der Waals surface area contributed by atoms with E-state index in [9.17, 15) is 0 Å². The summed E-state index contributed by atoms with van der Waals surface area (Å²) in [7, 11) is 0. The second-order valence-electron chi connectivity index (χ2n) is 13.2. The molecular weight excluding hydrogens is 647 g/mol. The van der Waals surface area contributed by atoms with Crippen LogP contribution in [0.3, 0.4) is 0 Å². The normalized spacial score (nSPS) is 14.2. The Bertz CT molecular complexity index is 2840. The van der Waals surface area contributed by atoms with Crippen LogP contribution in [0.4, 0.5) is 0 Å². The number of fused-ring (bicyclic) bond motifs is 4. The van der Waals surface area contributed by atoms with Crippen LogP contribution >= 0.6 is 0 Å². The summed E-state index contributed by atoms with van der Waals surface area (Å²) in [6, 6.07) is 65.6. The van der Waals surface area contributed by atoms with Crippen molar-refractivity contribution in [3.63, 3.8) is 0 Å². The van der Waals surface area contributed by atoms with E-state index in [-0.39, 0.29) is 0 Å². The Hall–Kier alpha value is -7.11. The first kappa shape index (κ1) is 30.7. The summed E-state index contributed by atoms with van der Waals surface area (Å²) in [5.74, 6) is 2.40. The third-order valence-electron chi connectivity index (χ3n) is 10.1. The fraction of sp³-hybridized carbons (Fsp3) is 0.0208. The molecule has 250 valence electrons. The third kappa shape index (κ3) is 5.38. The van der Waals surface area contributed by atoms with Gasteiger partial charge in [-0.3, -0.25) is 4.57 Å². The Kier molecular flexibility index (Phi) is 7.47. The van der Waals surface area contributed by atoms with Gasteiger partial charge in [0.1, 0.15) is 17.8 Å². The maximum absolute atomic E-state index is 5.38. The zero-order chi connectivity index (χ0) is 35.1. The second kappa shape index (κ2) is 12.9. The number of rotatable bonds is 6. The van der Waals surface area contributed by atoms with E-state index in [0.717, 1.165) is 67.1 Å². The van der Waals surface area contributed by atoms with Crippen LogP contribution in [0.25, 0.3) is 60.8 Å². The van der Waals surface area contributed by atoms with Crippen molar-refractivity contribution < 1.29 is 0 Å². The fourth-order valence-corrected chi connectivity index (χ4v) is 7.67. The summed E-state index contributed by atoms with van der Waals surface area (Å²) in [5, 5.41) is 8.50. The number of hydrogen-bond donors (Lipinski definition) is 1. The van der Waals surface area contributed by atoms with E-state index >= 15 is 0 Å². The molecule has 5 heteroatoms. The van der Waals surface area contributed by atoms with E-state index in [1.54, 1.807) is 0 Å². The molecule has 1 N–H and O–H groups in total. The highest BCUT2D eigenvalue weighted by atomic mass is 15.2. The molecule has 5 nitrogen and oxygen atoms in total. The summed E-state index contributed by atoms with van der Waals surface area (Å²) in [4.78, 5) is 15.6. The highest BCUT2D eigenvalue weighted by molar-refractivity contribution is 6.18. The van der Waals surface area contributed by atoms with Crippen molar-refractivity contribution in [2.24, 2.45) is 9.98 Å². The van der Waals surface area contributed by atoms with Gasteiger partial charge in [-0.1, -0.05) is 164 Å². The number of aliphatic imine (C=N–C) groups is 2. The quantitative estimate of drug-likeness (QED) is 0.178. The van der Waals surface area contributed by atoms with Gasteiger partial charge in [-0.2, -0.15) is 0 Å². The molecule has 53 heavy (non-hydrogen) atoms. The molecule has 1 atom stereocenters. The number of para-hydroxylation sites is 3. The monoisotopic (exact) mass is 679 g/mol. The number of hydrogen-bond acceptors (Lipinski definition) is 4. The van der Waals surface area contributed by atoms with Gasteiger partial charge < -0.3 is 5.32 Å². The molecule has 9 aromatic rings. The Labute approximate surface area is 307 Å². The highest BCUT2D eigenvalue weighted by Crippen LogP contribution is 2.43. The molecular formula is C48H33N5. The molecule has 0 radical (unpaired) electrons. The van der Waals surface area contributed by atoms with Crippen LogP contribution in [0.1, 0.15) is 22.9 Å². The topological polar surface area (TPSA) is 54.6 Å². The van der Waals surface area contributed by atoms with Crippen LogP contribution in [-0.2, 0) is 0 Å². The molecule has 0 saturated carbocycles. The van der Waals surface area contributed by atoms with Crippen molar-refractivity contribution in [3.05, 3.63) is 205 Å². The number of nitrogens with one attached hydrogen (secondary N) is 1. The van der Waals surface area contributed by atoms with Crippen molar-refractivity contribution in [2.75, 3.05) is 0 Å². The number of nitrogens with zero attached hydrogens (tertiary/aromatic N) is 4. The molecule has 0 bridgehead atoms. The van der Waals surface area contributed by atoms with Crippen LogP contribution in [0.5, 0.6) is 0 Å². The number of imidazole rings is 1. The first-order valence-electron chi connectivity index (χ1n) is 17.9. The molecule has 0 spiro atoms. The number of amidine groups is 2. The van der Waals surface area contributed by atoms with Gasteiger partial charge in [0.05, 0.1) is 11.0 Å². The van der Waals surface area contributed by atoms with Crippen molar-refractivity contribution in [2.45, 2.75) is 6.17 Å². The Morgan fingerprint density at radius 2 is 1.00 bits per heavy atom. The Balaban J connectivity index is 1.19. The molecule has 2 heterocycles. The molecule has 0 amide bonds. The maximum atomic E-state index is 5.38. The standard InChI is InChI=1S/C48H33N5/c1-4-16-33(17-5-1)45-50-46(34-18-6-2-7-19-34)52-47(51-45)44-40-25-13-11-23-38(40)37-22-10-12-24-39(37)43(44)32-28-30-35(31-29-32)48-49-41-26-14-15-27-42(41)53(48)36-20-8-3-9-21-36/h1-31,47H,(H,50,51,52). The van der Waals surface area contributed by atoms with Crippen LogP contribution in [0.15, 0.2) is 198 Å². The average Bonchev–Trinajstić information content (AvgIpc) is 3.64. The maximum Gasteiger partial charge on any atom is 0.159 e. The lowest BCUT2D eigenvalue weighted by Gasteiger charge is -2.28. The predicted octanol–water partition coefficient (Wildman–Crippen LogP) is 11.2. The summed E-state index contributed by atoms with van der Waals surface area (Å²) in [6.45, 7) is 0. The largest absolute Gasteiger partial charge is 0.344 e. The molecule has 0 aliphatic carbocycles. The first-order chi connectivity index (χ1) is 26.3. The summed E-state index contributed by atoms with van der Waals surface area (Å²) < 4.78 is 2.25. The smallest absolute Gasteiger partial charge is 0.159 e. The molecule has 1 unspecified atom stereocenters. The van der Waals surface area contributed by atoms with Gasteiger partial charge in [0.2, 0.25) is 0 Å². The van der Waals surface area contributed by atoms with Crippen molar-refractivity contribution in [1.82, 2.24) is 14.9 Å². The Morgan fingerprint density at radius 1 is 0.453 bits per heavy atom. The lowest BCUT2D eigenvalue weighted by Crippen LogP contribution is -2.34. The molecule has 0 fully saturated rings. The number of aromatic nitrogens is 2. The van der Waals surface area contributed by atoms with Crippen LogP contribution in [0, 0.1) is 0 Å². The molecule has 10 rings (SSSR count). The van der Waals surface area contributed by atoms with Crippen molar-refractivity contribution in [3.8, 4) is 28.2 Å². The van der Waals surface area contributed by atoms with E-state index in [0.29, 0.717) is 5.84 Å². The van der Waals surface area contributed by atoms with Gasteiger partial charge in [0.25, 0.3) is 0 Å². The minimum Gasteiger partial charge on any atom is -0.344 e. The van der Waals surface area contributed by atoms with Crippen molar-refractivity contribution >= 4 is 44.2 Å². The molecule has 1 aliphatic rings. The summed E-state index contributed by atoms with van der Waals surface area (Å²) in [6.07, 6.45) is -0.413. The van der Waals surface area contributed by atoms with Gasteiger partial charge in [-0.25, -0.2) is 15.0 Å². The Morgan fingerprint density at radius 3 is 1.72 bits per heavy atom. The molecule has 1 aromatic heterocycles. The van der Waals surface area contributed by atoms with E-state index in [1.165, 1.54) is 16.2 Å². The van der Waals surface area contributed by atoms with Gasteiger partial charge in [-0.15, -0.1) is 0 Å². The van der Waals surface area contributed by atoms with Crippen molar-refractivity contribution in [1.29, 1.82) is 0 Å². The zero-order valence-corrected chi connectivity index (χ0v) is 28.8. The molecule has 1 aliphatic heterocycles. The minimum absolute atomic E-state index is 0.413. The van der Waals surface area contributed by atoms with E-state index < -0.39 is 6.17 Å². The lowest BCUT2D eigenvalue weighted by molar-refractivity contribution is 0.681. The number of benzene rings is 8. The zero-order valence-electron chi connectivity index (χ0n) is 28.8. The van der Waals surface area contributed by atoms with E-state index in [1.807, 2.05) is 48.5 Å². The van der Waals surface area contributed by atoms with E-state index in [2.05, 4.69) is 149 Å². The third-order valence-corrected chi connectivity index (χ3v) is 10.1. The molecule has 8 aromatic carbocycles. The van der Waals surface area contributed by atoms with Gasteiger partial charge >= 0.3 is 0 Å². The van der Waals surface area contributed by atoms with Gasteiger partial charge in [-0.05, 0) is 56.9 Å². The summed E-state index contributed by atoms with van der Waals surface area (Å²) >= 11 is 0. The second-order valence-corrected chi connectivity index (χ2v) is 13.2. The van der Waals surface area contributed by atoms with Crippen LogP contribution in [-0.4, -0.2) is 21.2 Å². The van der Waals surface area contributed by atoms with Gasteiger partial charge in [0.15, 0.2) is 5.84 Å². The lowest BCUT2D eigenvalue weighted by atomic mass is 9.86. The molecule has 0 saturated heterocycles. The van der Waals surface area contributed by atoms with E-state index in [4.69, 9.17) is 15.0 Å². The minimum atomic E-state index is -0.413. The predicted molar refractivity (Wildman–Crippen MR) is 219 cm³/mol. The summed E-state index contributed by atoms with van der Waals surface area (Å²) in [5.41, 5.74) is 9.51. The highest BCUT2D eigenvalue weighted by Gasteiger charge is 2.27. The van der Waals surface area contributed by atoms with Gasteiger partial charge in [0, 0.05) is 27.9 Å². The first-order valence-corrected chi connectivity index (χ1v) is 17.9. The van der Waals surface area contributed by atoms with Crippen LogP contribution in [0.2, 0.25) is 0 Å².